The highest BCUT2D eigenvalue weighted by atomic mass is 35.5. The fourth-order valence-electron chi connectivity index (χ4n) is 3.44. The van der Waals surface area contributed by atoms with Crippen molar-refractivity contribution in [1.29, 1.82) is 0 Å². The number of hydrogen-bond acceptors (Lipinski definition) is 2. The average molecular weight is 309 g/mol. The zero-order chi connectivity index (χ0) is 13.8. The fourth-order valence-corrected chi connectivity index (χ4v) is 3.44. The van der Waals surface area contributed by atoms with Crippen LogP contribution >= 0.6 is 12.4 Å². The van der Waals surface area contributed by atoms with E-state index < -0.39 is 0 Å². The molecule has 3 rings (SSSR count). The lowest BCUT2D eigenvalue weighted by atomic mass is 9.89. The van der Waals surface area contributed by atoms with Crippen molar-refractivity contribution in [3.8, 4) is 0 Å². The maximum atomic E-state index is 12.5. The summed E-state index contributed by atoms with van der Waals surface area (Å²) in [5, 5.41) is 3.37. The minimum atomic E-state index is 0. The van der Waals surface area contributed by atoms with Gasteiger partial charge in [-0.05, 0) is 43.7 Å². The maximum absolute atomic E-state index is 12.5. The number of carbonyl (C=O) groups is 1. The molecule has 0 aliphatic carbocycles. The topological polar surface area (TPSA) is 32.3 Å². The molecular formula is C17H25ClN2O. The highest BCUT2D eigenvalue weighted by Gasteiger charge is 2.29. The summed E-state index contributed by atoms with van der Waals surface area (Å²) in [4.78, 5) is 14.5. The predicted molar refractivity (Wildman–Crippen MR) is 87.9 cm³/mol. The van der Waals surface area contributed by atoms with Gasteiger partial charge in [0.15, 0.2) is 0 Å². The van der Waals surface area contributed by atoms with Gasteiger partial charge in [0.05, 0.1) is 6.04 Å². The van der Waals surface area contributed by atoms with Crippen LogP contribution in [0.5, 0.6) is 0 Å². The third-order valence-electron chi connectivity index (χ3n) is 4.69. The van der Waals surface area contributed by atoms with Crippen molar-refractivity contribution in [2.24, 2.45) is 0 Å². The zero-order valence-electron chi connectivity index (χ0n) is 12.5. The van der Waals surface area contributed by atoms with Crippen LogP contribution in [0.25, 0.3) is 0 Å². The van der Waals surface area contributed by atoms with Gasteiger partial charge in [-0.15, -0.1) is 12.4 Å². The van der Waals surface area contributed by atoms with Gasteiger partial charge in [0.2, 0.25) is 5.91 Å². The number of amides is 1. The number of likely N-dealkylation sites (tertiary alicyclic amines) is 1. The van der Waals surface area contributed by atoms with Crippen molar-refractivity contribution >= 4 is 18.3 Å². The van der Waals surface area contributed by atoms with E-state index in [2.05, 4.69) is 40.5 Å². The predicted octanol–water partition coefficient (Wildman–Crippen LogP) is 2.96. The van der Waals surface area contributed by atoms with E-state index in [9.17, 15) is 4.79 Å². The fraction of sp³-hybridized carbons (Fsp3) is 0.588. The summed E-state index contributed by atoms with van der Waals surface area (Å²) in [7, 11) is 0. The second kappa shape index (κ2) is 7.81. The van der Waals surface area contributed by atoms with Crippen molar-refractivity contribution in [2.75, 3.05) is 19.6 Å². The standard InChI is InChI=1S/C17H24N2O.ClH/c20-17(16-8-4-5-11-18-16)19-12-9-15(10-13-19)14-6-2-1-3-7-14;/h1-3,6-7,15-16,18H,4-5,8-13H2;1H/t16-;/m1./s1. The van der Waals surface area contributed by atoms with Crippen LogP contribution in [0, 0.1) is 0 Å². The number of rotatable bonds is 2. The van der Waals surface area contributed by atoms with E-state index in [1.807, 2.05) is 0 Å². The van der Waals surface area contributed by atoms with Crippen LogP contribution in [0.1, 0.15) is 43.6 Å². The average Bonchev–Trinajstić information content (AvgIpc) is 2.56. The van der Waals surface area contributed by atoms with Crippen molar-refractivity contribution in [2.45, 2.75) is 44.1 Å². The SMILES string of the molecule is Cl.O=C([C@H]1CCCCN1)N1CCC(c2ccccc2)CC1. The van der Waals surface area contributed by atoms with Gasteiger partial charge < -0.3 is 10.2 Å². The van der Waals surface area contributed by atoms with Gasteiger partial charge in [0.1, 0.15) is 0 Å². The van der Waals surface area contributed by atoms with Gasteiger partial charge in [-0.3, -0.25) is 4.79 Å². The van der Waals surface area contributed by atoms with E-state index >= 15 is 0 Å². The molecule has 0 aromatic heterocycles. The lowest BCUT2D eigenvalue weighted by Crippen LogP contribution is -2.50. The first-order valence-corrected chi connectivity index (χ1v) is 7.92. The Balaban J connectivity index is 0.00000161. The Morgan fingerprint density at radius 3 is 2.38 bits per heavy atom. The van der Waals surface area contributed by atoms with Crippen LogP contribution in [-0.2, 0) is 4.79 Å². The molecule has 4 heteroatoms. The Bertz CT molecular complexity index is 437. The van der Waals surface area contributed by atoms with Crippen LogP contribution < -0.4 is 5.32 Å². The van der Waals surface area contributed by atoms with Gasteiger partial charge in [0.25, 0.3) is 0 Å². The van der Waals surface area contributed by atoms with Crippen LogP contribution in [0.2, 0.25) is 0 Å². The number of carbonyl (C=O) groups excluding carboxylic acids is 1. The Morgan fingerprint density at radius 2 is 1.76 bits per heavy atom. The highest BCUT2D eigenvalue weighted by molar-refractivity contribution is 5.85. The van der Waals surface area contributed by atoms with E-state index in [-0.39, 0.29) is 18.4 Å². The molecule has 0 radical (unpaired) electrons. The molecule has 0 unspecified atom stereocenters. The van der Waals surface area contributed by atoms with E-state index in [1.165, 1.54) is 18.4 Å². The molecule has 1 amide bonds. The molecule has 0 bridgehead atoms. The van der Waals surface area contributed by atoms with E-state index in [1.54, 1.807) is 0 Å². The van der Waals surface area contributed by atoms with Gasteiger partial charge in [-0.2, -0.15) is 0 Å². The third-order valence-corrected chi connectivity index (χ3v) is 4.69. The number of piperidine rings is 2. The Kier molecular flexibility index (Phi) is 6.07. The molecule has 0 spiro atoms. The van der Waals surface area contributed by atoms with Crippen LogP contribution in [0.4, 0.5) is 0 Å². The summed E-state index contributed by atoms with van der Waals surface area (Å²) in [5.74, 6) is 0.954. The summed E-state index contributed by atoms with van der Waals surface area (Å²) in [6.45, 7) is 2.82. The highest BCUT2D eigenvalue weighted by Crippen LogP contribution is 2.28. The number of nitrogens with one attached hydrogen (secondary N) is 1. The molecule has 2 aliphatic rings. The Hall–Kier alpha value is -1.06. The summed E-state index contributed by atoms with van der Waals surface area (Å²) < 4.78 is 0. The van der Waals surface area contributed by atoms with Crippen molar-refractivity contribution in [3.63, 3.8) is 0 Å². The van der Waals surface area contributed by atoms with Crippen molar-refractivity contribution in [1.82, 2.24) is 10.2 Å². The molecule has 2 saturated heterocycles. The largest absolute Gasteiger partial charge is 0.341 e. The molecule has 0 saturated carbocycles. The molecule has 1 aromatic rings. The van der Waals surface area contributed by atoms with E-state index in [0.717, 1.165) is 38.9 Å². The Morgan fingerprint density at radius 1 is 1.05 bits per heavy atom. The monoisotopic (exact) mass is 308 g/mol. The number of hydrogen-bond donors (Lipinski definition) is 1. The first-order chi connectivity index (χ1) is 9.84. The zero-order valence-corrected chi connectivity index (χ0v) is 13.3. The second-order valence-electron chi connectivity index (χ2n) is 6.01. The van der Waals surface area contributed by atoms with Gasteiger partial charge in [-0.25, -0.2) is 0 Å². The van der Waals surface area contributed by atoms with Crippen molar-refractivity contribution < 1.29 is 4.79 Å². The molecule has 2 fully saturated rings. The van der Waals surface area contributed by atoms with Crippen molar-refractivity contribution in [3.05, 3.63) is 35.9 Å². The summed E-state index contributed by atoms with van der Waals surface area (Å²) >= 11 is 0. The quantitative estimate of drug-likeness (QED) is 0.911. The van der Waals surface area contributed by atoms with E-state index in [4.69, 9.17) is 0 Å². The molecule has 1 atom stereocenters. The molecule has 2 heterocycles. The van der Waals surface area contributed by atoms with Gasteiger partial charge >= 0.3 is 0 Å². The third kappa shape index (κ3) is 3.98. The number of benzene rings is 1. The van der Waals surface area contributed by atoms with Crippen LogP contribution in [0.3, 0.4) is 0 Å². The minimum Gasteiger partial charge on any atom is -0.341 e. The van der Waals surface area contributed by atoms with Gasteiger partial charge in [0, 0.05) is 13.1 Å². The summed E-state index contributed by atoms with van der Waals surface area (Å²) in [6, 6.07) is 10.8. The smallest absolute Gasteiger partial charge is 0.239 e. The lowest BCUT2D eigenvalue weighted by Gasteiger charge is -2.35. The molecule has 1 aromatic carbocycles. The maximum Gasteiger partial charge on any atom is 0.239 e. The number of halogens is 1. The lowest BCUT2D eigenvalue weighted by molar-refractivity contribution is -0.135. The van der Waals surface area contributed by atoms with Gasteiger partial charge in [-0.1, -0.05) is 36.8 Å². The normalized spacial score (nSPS) is 23.4. The number of nitrogens with zero attached hydrogens (tertiary/aromatic N) is 1. The molecular weight excluding hydrogens is 284 g/mol. The molecule has 21 heavy (non-hydrogen) atoms. The minimum absolute atomic E-state index is 0. The van der Waals surface area contributed by atoms with E-state index in [0.29, 0.717) is 11.8 Å². The molecule has 2 aliphatic heterocycles. The first-order valence-electron chi connectivity index (χ1n) is 7.92. The summed E-state index contributed by atoms with van der Waals surface area (Å²) in [5.41, 5.74) is 1.43. The second-order valence-corrected chi connectivity index (χ2v) is 6.01. The summed E-state index contributed by atoms with van der Waals surface area (Å²) in [6.07, 6.45) is 5.60. The Labute approximate surface area is 133 Å². The molecule has 1 N–H and O–H groups in total. The first kappa shape index (κ1) is 16.3. The van der Waals surface area contributed by atoms with Crippen LogP contribution in [0.15, 0.2) is 30.3 Å². The molecule has 116 valence electrons. The molecule has 3 nitrogen and oxygen atoms in total. The van der Waals surface area contributed by atoms with Crippen LogP contribution in [-0.4, -0.2) is 36.5 Å².